The molecule has 0 aliphatic rings. The number of benzene rings is 2. The van der Waals surface area contributed by atoms with Gasteiger partial charge in [0.15, 0.2) is 11.0 Å². The first-order valence-corrected chi connectivity index (χ1v) is 11.4. The van der Waals surface area contributed by atoms with Crippen molar-refractivity contribution in [2.45, 2.75) is 31.5 Å². The maximum atomic E-state index is 12.3. The van der Waals surface area contributed by atoms with E-state index in [1.54, 1.807) is 30.3 Å². The lowest BCUT2D eigenvalue weighted by atomic mass is 10.2. The second-order valence-corrected chi connectivity index (χ2v) is 8.16. The normalized spacial score (nSPS) is 10.6. The van der Waals surface area contributed by atoms with E-state index in [2.05, 4.69) is 29.0 Å². The maximum Gasteiger partial charge on any atom is 0.234 e. The van der Waals surface area contributed by atoms with E-state index in [9.17, 15) is 4.79 Å². The lowest BCUT2D eigenvalue weighted by Gasteiger charge is -2.09. The van der Waals surface area contributed by atoms with Gasteiger partial charge in [0.2, 0.25) is 5.91 Å². The van der Waals surface area contributed by atoms with Crippen LogP contribution in [0.5, 0.6) is 5.75 Å². The Hall–Kier alpha value is -2.77. The summed E-state index contributed by atoms with van der Waals surface area (Å²) < 4.78 is 7.67. The smallest absolute Gasteiger partial charge is 0.234 e. The van der Waals surface area contributed by atoms with Gasteiger partial charge in [0.25, 0.3) is 0 Å². The first kappa shape index (κ1) is 22.9. The van der Waals surface area contributed by atoms with Crippen LogP contribution in [-0.4, -0.2) is 33.0 Å². The van der Waals surface area contributed by atoms with Crippen LogP contribution in [0.3, 0.4) is 0 Å². The molecule has 3 rings (SSSR count). The van der Waals surface area contributed by atoms with Crippen LogP contribution in [-0.2, 0) is 11.3 Å². The van der Waals surface area contributed by atoms with Crippen LogP contribution in [0.25, 0.3) is 11.4 Å². The second kappa shape index (κ2) is 11.6. The summed E-state index contributed by atoms with van der Waals surface area (Å²) in [6.07, 6.45) is 3.91. The van der Waals surface area contributed by atoms with E-state index in [0.717, 1.165) is 30.0 Å². The van der Waals surface area contributed by atoms with Crippen molar-refractivity contribution < 1.29 is 9.53 Å². The number of carbonyl (C=O) groups excluding carboxylic acids is 1. The highest BCUT2D eigenvalue weighted by Crippen LogP contribution is 2.26. The minimum atomic E-state index is -0.143. The van der Waals surface area contributed by atoms with Crippen LogP contribution in [0.4, 0.5) is 5.69 Å². The summed E-state index contributed by atoms with van der Waals surface area (Å²) in [6, 6.07) is 14.8. The van der Waals surface area contributed by atoms with E-state index >= 15 is 0 Å². The molecule has 162 valence electrons. The number of allylic oxidation sites excluding steroid dienone is 1. The highest BCUT2D eigenvalue weighted by molar-refractivity contribution is 7.99. The van der Waals surface area contributed by atoms with Gasteiger partial charge in [-0.15, -0.1) is 16.8 Å². The number of hydrogen-bond donors (Lipinski definition) is 1. The Morgan fingerprint density at radius 3 is 2.77 bits per heavy atom. The summed E-state index contributed by atoms with van der Waals surface area (Å²) in [5.74, 6) is 1.61. The predicted molar refractivity (Wildman–Crippen MR) is 127 cm³/mol. The third-order valence-corrected chi connectivity index (χ3v) is 5.55. The highest BCUT2D eigenvalue weighted by Gasteiger charge is 2.15. The summed E-state index contributed by atoms with van der Waals surface area (Å²) in [5, 5.41) is 12.7. The van der Waals surface area contributed by atoms with Crippen LogP contribution in [0, 0.1) is 0 Å². The topological polar surface area (TPSA) is 69.0 Å². The monoisotopic (exact) mass is 456 g/mol. The van der Waals surface area contributed by atoms with E-state index in [1.807, 2.05) is 28.8 Å². The number of amides is 1. The van der Waals surface area contributed by atoms with Gasteiger partial charge in [0.1, 0.15) is 5.75 Å². The molecular weight excluding hydrogens is 432 g/mol. The predicted octanol–water partition coefficient (Wildman–Crippen LogP) is 5.69. The number of halogens is 1. The molecule has 0 aliphatic carbocycles. The second-order valence-electron chi connectivity index (χ2n) is 6.78. The Bertz CT molecular complexity index is 1020. The molecule has 6 nitrogen and oxygen atoms in total. The van der Waals surface area contributed by atoms with Crippen LogP contribution in [0.2, 0.25) is 5.02 Å². The molecule has 8 heteroatoms. The van der Waals surface area contributed by atoms with Crippen molar-refractivity contribution in [2.24, 2.45) is 0 Å². The number of hydrogen-bond acceptors (Lipinski definition) is 5. The lowest BCUT2D eigenvalue weighted by molar-refractivity contribution is -0.113. The molecule has 0 aliphatic heterocycles. The zero-order chi connectivity index (χ0) is 22.1. The molecule has 1 amide bonds. The highest BCUT2D eigenvalue weighted by atomic mass is 35.5. The summed E-state index contributed by atoms with van der Waals surface area (Å²) in [7, 11) is 0. The molecule has 3 aromatic rings. The van der Waals surface area contributed by atoms with Crippen LogP contribution in [0.1, 0.15) is 19.8 Å². The van der Waals surface area contributed by atoms with Gasteiger partial charge in [0, 0.05) is 22.8 Å². The Morgan fingerprint density at radius 2 is 2.06 bits per heavy atom. The molecule has 0 radical (unpaired) electrons. The molecule has 31 heavy (non-hydrogen) atoms. The van der Waals surface area contributed by atoms with Crippen molar-refractivity contribution in [1.82, 2.24) is 14.8 Å². The summed E-state index contributed by atoms with van der Waals surface area (Å²) in [6.45, 7) is 7.21. The Balaban J connectivity index is 1.67. The van der Waals surface area contributed by atoms with Crippen LogP contribution < -0.4 is 10.1 Å². The van der Waals surface area contributed by atoms with Crippen molar-refractivity contribution in [3.8, 4) is 17.1 Å². The SMILES string of the molecule is C=CCn1c(SCC(=O)Nc2cccc(Cl)c2)nnc1-c1ccc(OCCCC)cc1. The Morgan fingerprint density at radius 1 is 1.26 bits per heavy atom. The van der Waals surface area contributed by atoms with Gasteiger partial charge in [-0.2, -0.15) is 0 Å². The molecular formula is C23H25ClN4O2S. The van der Waals surface area contributed by atoms with Crippen molar-refractivity contribution >= 4 is 35.0 Å². The average Bonchev–Trinajstić information content (AvgIpc) is 3.16. The number of unbranched alkanes of at least 4 members (excludes halogenated alkanes) is 1. The molecule has 1 aromatic heterocycles. The molecule has 0 saturated carbocycles. The van der Waals surface area contributed by atoms with Crippen molar-refractivity contribution in [3.63, 3.8) is 0 Å². The van der Waals surface area contributed by atoms with Gasteiger partial charge in [-0.1, -0.05) is 48.8 Å². The van der Waals surface area contributed by atoms with Crippen molar-refractivity contribution in [3.05, 3.63) is 66.2 Å². The van der Waals surface area contributed by atoms with Gasteiger partial charge in [0.05, 0.1) is 12.4 Å². The number of nitrogens with zero attached hydrogens (tertiary/aromatic N) is 3. The van der Waals surface area contributed by atoms with Gasteiger partial charge in [-0.05, 0) is 48.9 Å². The Labute approximate surface area is 191 Å². The third-order valence-electron chi connectivity index (χ3n) is 4.35. The standard InChI is InChI=1S/C23H25ClN4O2S/c1-3-5-14-30-20-11-9-17(10-12-20)22-26-27-23(28(22)13-4-2)31-16-21(29)25-19-8-6-7-18(24)15-19/h4,6-12,15H,2-3,5,13-14,16H2,1H3,(H,25,29). The van der Waals surface area contributed by atoms with Gasteiger partial charge < -0.3 is 10.1 Å². The van der Waals surface area contributed by atoms with E-state index < -0.39 is 0 Å². The van der Waals surface area contributed by atoms with Gasteiger partial charge in [-0.25, -0.2) is 0 Å². The number of carbonyl (C=O) groups is 1. The molecule has 0 fully saturated rings. The molecule has 0 spiro atoms. The zero-order valence-corrected chi connectivity index (χ0v) is 19.0. The quantitative estimate of drug-likeness (QED) is 0.228. The minimum Gasteiger partial charge on any atom is -0.494 e. The first-order chi connectivity index (χ1) is 15.1. The molecule has 0 atom stereocenters. The number of anilines is 1. The number of aromatic nitrogens is 3. The molecule has 0 unspecified atom stereocenters. The van der Waals surface area contributed by atoms with E-state index in [-0.39, 0.29) is 11.7 Å². The number of rotatable bonds is 11. The fraction of sp³-hybridized carbons (Fsp3) is 0.261. The van der Waals surface area contributed by atoms with Crippen LogP contribution >= 0.6 is 23.4 Å². The third kappa shape index (κ3) is 6.60. The molecule has 1 heterocycles. The Kier molecular flexibility index (Phi) is 8.55. The lowest BCUT2D eigenvalue weighted by Crippen LogP contribution is -2.14. The molecule has 0 saturated heterocycles. The van der Waals surface area contributed by atoms with E-state index in [4.69, 9.17) is 16.3 Å². The fourth-order valence-electron chi connectivity index (χ4n) is 2.83. The zero-order valence-electron chi connectivity index (χ0n) is 17.4. The molecule has 2 aromatic carbocycles. The average molecular weight is 457 g/mol. The minimum absolute atomic E-state index is 0.143. The molecule has 0 bridgehead atoms. The van der Waals surface area contributed by atoms with Crippen LogP contribution in [0.15, 0.2) is 66.3 Å². The number of nitrogens with one attached hydrogen (secondary N) is 1. The van der Waals surface area contributed by atoms with Gasteiger partial charge >= 0.3 is 0 Å². The van der Waals surface area contributed by atoms with E-state index in [1.165, 1.54) is 11.8 Å². The fourth-order valence-corrected chi connectivity index (χ4v) is 3.77. The van der Waals surface area contributed by atoms with E-state index in [0.29, 0.717) is 29.0 Å². The van der Waals surface area contributed by atoms with Crippen molar-refractivity contribution in [1.29, 1.82) is 0 Å². The largest absolute Gasteiger partial charge is 0.494 e. The number of thioether (sulfide) groups is 1. The maximum absolute atomic E-state index is 12.3. The molecule has 1 N–H and O–H groups in total. The number of ether oxygens (including phenoxy) is 1. The first-order valence-electron chi connectivity index (χ1n) is 10.1. The summed E-state index contributed by atoms with van der Waals surface area (Å²) >= 11 is 7.29. The van der Waals surface area contributed by atoms with Crippen molar-refractivity contribution in [2.75, 3.05) is 17.7 Å². The summed E-state index contributed by atoms with van der Waals surface area (Å²) in [5.41, 5.74) is 1.58. The van der Waals surface area contributed by atoms with Gasteiger partial charge in [-0.3, -0.25) is 9.36 Å². The summed E-state index contributed by atoms with van der Waals surface area (Å²) in [4.78, 5) is 12.3.